The highest BCUT2D eigenvalue weighted by Gasteiger charge is 2.28. The average Bonchev–Trinajstić information content (AvgIpc) is 2.63. The smallest absolute Gasteiger partial charge is 0.256 e. The molecule has 0 aromatic carbocycles. The number of hydrogen-bond acceptors (Lipinski definition) is 4. The van der Waals surface area contributed by atoms with Crippen LogP contribution in [0.3, 0.4) is 0 Å². The van der Waals surface area contributed by atoms with Crippen molar-refractivity contribution in [1.29, 1.82) is 0 Å². The van der Waals surface area contributed by atoms with E-state index < -0.39 is 0 Å². The van der Waals surface area contributed by atoms with Crippen LogP contribution in [0.5, 0.6) is 0 Å². The lowest BCUT2D eigenvalue weighted by Gasteiger charge is -2.13. The Labute approximate surface area is 93.7 Å². The van der Waals surface area contributed by atoms with E-state index in [0.29, 0.717) is 31.0 Å². The van der Waals surface area contributed by atoms with E-state index in [2.05, 4.69) is 4.98 Å². The van der Waals surface area contributed by atoms with Gasteiger partial charge in [0.05, 0.1) is 36.7 Å². The number of aromatic nitrogens is 1. The Morgan fingerprint density at radius 3 is 3.06 bits per heavy atom. The van der Waals surface area contributed by atoms with Crippen LogP contribution >= 0.6 is 0 Å². The molecule has 0 aliphatic carbocycles. The largest absolute Gasteiger partial charge is 0.390 e. The highest BCUT2D eigenvalue weighted by atomic mass is 16.5. The molecule has 1 aliphatic rings. The summed E-state index contributed by atoms with van der Waals surface area (Å²) in [6.45, 7) is 1.50. The number of amides is 1. The zero-order valence-corrected chi connectivity index (χ0v) is 9.14. The van der Waals surface area contributed by atoms with Crippen LogP contribution in [0.2, 0.25) is 0 Å². The first-order valence-corrected chi connectivity index (χ1v) is 5.14. The van der Waals surface area contributed by atoms with E-state index in [-0.39, 0.29) is 12.5 Å². The van der Waals surface area contributed by atoms with Crippen LogP contribution in [-0.4, -0.2) is 41.2 Å². The minimum Gasteiger partial charge on any atom is -0.390 e. The first-order valence-electron chi connectivity index (χ1n) is 5.14. The average molecular weight is 222 g/mol. The number of methoxy groups -OCH3 is 1. The molecule has 16 heavy (non-hydrogen) atoms. The fourth-order valence-electron chi connectivity index (χ4n) is 1.75. The molecular weight excluding hydrogens is 208 g/mol. The minimum absolute atomic E-state index is 0.0101. The monoisotopic (exact) mass is 222 g/mol. The SMILES string of the molecule is COCCN1Cc2nc(CO)ccc2C1=O. The van der Waals surface area contributed by atoms with E-state index in [1.165, 1.54) is 0 Å². The molecule has 1 amide bonds. The summed E-state index contributed by atoms with van der Waals surface area (Å²) in [5.74, 6) is -0.0101. The number of carbonyl (C=O) groups excluding carboxylic acids is 1. The number of carbonyl (C=O) groups is 1. The van der Waals surface area contributed by atoms with Crippen LogP contribution < -0.4 is 0 Å². The van der Waals surface area contributed by atoms with Gasteiger partial charge in [0.15, 0.2) is 0 Å². The second-order valence-electron chi connectivity index (χ2n) is 3.67. The molecule has 2 rings (SSSR count). The Morgan fingerprint density at radius 1 is 1.56 bits per heavy atom. The van der Waals surface area contributed by atoms with Gasteiger partial charge in [-0.05, 0) is 12.1 Å². The molecule has 0 radical (unpaired) electrons. The number of aliphatic hydroxyl groups is 1. The molecule has 0 unspecified atom stereocenters. The van der Waals surface area contributed by atoms with Crippen LogP contribution in [0, 0.1) is 0 Å². The van der Waals surface area contributed by atoms with Gasteiger partial charge in [-0.2, -0.15) is 0 Å². The summed E-state index contributed by atoms with van der Waals surface area (Å²) in [5.41, 5.74) is 1.97. The molecule has 1 N–H and O–H groups in total. The second-order valence-corrected chi connectivity index (χ2v) is 3.67. The highest BCUT2D eigenvalue weighted by Crippen LogP contribution is 2.20. The summed E-state index contributed by atoms with van der Waals surface area (Å²) in [4.78, 5) is 17.8. The Bertz CT molecular complexity index is 406. The van der Waals surface area contributed by atoms with Crippen molar-refractivity contribution in [1.82, 2.24) is 9.88 Å². The topological polar surface area (TPSA) is 62.7 Å². The third-order valence-electron chi connectivity index (χ3n) is 2.62. The van der Waals surface area contributed by atoms with Crippen molar-refractivity contribution < 1.29 is 14.6 Å². The molecule has 0 atom stereocenters. The normalized spacial score (nSPS) is 14.4. The van der Waals surface area contributed by atoms with Crippen LogP contribution in [0.25, 0.3) is 0 Å². The number of hydrogen-bond donors (Lipinski definition) is 1. The maximum atomic E-state index is 11.9. The van der Waals surface area contributed by atoms with Crippen molar-refractivity contribution in [2.45, 2.75) is 13.2 Å². The van der Waals surface area contributed by atoms with Gasteiger partial charge >= 0.3 is 0 Å². The van der Waals surface area contributed by atoms with Gasteiger partial charge in [0, 0.05) is 13.7 Å². The lowest BCUT2D eigenvalue weighted by molar-refractivity contribution is 0.0719. The quantitative estimate of drug-likeness (QED) is 0.789. The molecule has 0 fully saturated rings. The Morgan fingerprint density at radius 2 is 2.38 bits per heavy atom. The second kappa shape index (κ2) is 4.59. The van der Waals surface area contributed by atoms with Crippen molar-refractivity contribution in [3.63, 3.8) is 0 Å². The molecule has 0 saturated heterocycles. The number of rotatable bonds is 4. The highest BCUT2D eigenvalue weighted by molar-refractivity contribution is 5.97. The molecule has 5 heteroatoms. The van der Waals surface area contributed by atoms with Crippen LogP contribution in [0.15, 0.2) is 12.1 Å². The third-order valence-corrected chi connectivity index (χ3v) is 2.62. The summed E-state index contributed by atoms with van der Waals surface area (Å²) in [6.07, 6.45) is 0. The molecule has 2 heterocycles. The number of ether oxygens (including phenoxy) is 1. The number of pyridine rings is 1. The van der Waals surface area contributed by atoms with Crippen LogP contribution in [0.1, 0.15) is 21.7 Å². The van der Waals surface area contributed by atoms with Crippen LogP contribution in [0.4, 0.5) is 0 Å². The molecule has 0 saturated carbocycles. The molecular formula is C11H14N2O3. The fraction of sp³-hybridized carbons (Fsp3) is 0.455. The van der Waals surface area contributed by atoms with Crippen molar-refractivity contribution in [3.05, 3.63) is 29.1 Å². The summed E-state index contributed by atoms with van der Waals surface area (Å²) >= 11 is 0. The molecule has 5 nitrogen and oxygen atoms in total. The van der Waals surface area contributed by atoms with Crippen molar-refractivity contribution in [2.24, 2.45) is 0 Å². The first kappa shape index (κ1) is 11.0. The van der Waals surface area contributed by atoms with Gasteiger partial charge in [0.25, 0.3) is 5.91 Å². The van der Waals surface area contributed by atoms with Gasteiger partial charge in [0.1, 0.15) is 0 Å². The van der Waals surface area contributed by atoms with Gasteiger partial charge in [-0.3, -0.25) is 9.78 Å². The maximum absolute atomic E-state index is 11.9. The molecule has 1 aliphatic heterocycles. The van der Waals surface area contributed by atoms with Gasteiger partial charge in [-0.15, -0.1) is 0 Å². The van der Waals surface area contributed by atoms with E-state index in [1.807, 2.05) is 0 Å². The number of nitrogens with zero attached hydrogens (tertiary/aromatic N) is 2. The predicted molar refractivity (Wildman–Crippen MR) is 56.8 cm³/mol. The lowest BCUT2D eigenvalue weighted by atomic mass is 10.2. The molecule has 86 valence electrons. The summed E-state index contributed by atoms with van der Waals surface area (Å²) < 4.78 is 4.94. The van der Waals surface area contributed by atoms with Gasteiger partial charge < -0.3 is 14.7 Å². The lowest BCUT2D eigenvalue weighted by Crippen LogP contribution is -2.27. The Hall–Kier alpha value is -1.46. The number of aliphatic hydroxyl groups excluding tert-OH is 1. The minimum atomic E-state index is -0.0977. The van der Waals surface area contributed by atoms with E-state index in [0.717, 1.165) is 5.69 Å². The van der Waals surface area contributed by atoms with Gasteiger partial charge in [-0.25, -0.2) is 0 Å². The molecule has 0 bridgehead atoms. The van der Waals surface area contributed by atoms with Gasteiger partial charge in [-0.1, -0.05) is 0 Å². The molecule has 0 spiro atoms. The van der Waals surface area contributed by atoms with E-state index in [1.54, 1.807) is 24.1 Å². The fourth-order valence-corrected chi connectivity index (χ4v) is 1.75. The first-order chi connectivity index (χ1) is 7.76. The molecule has 1 aromatic heterocycles. The maximum Gasteiger partial charge on any atom is 0.256 e. The molecule has 1 aromatic rings. The van der Waals surface area contributed by atoms with Crippen molar-refractivity contribution in [3.8, 4) is 0 Å². The zero-order valence-electron chi connectivity index (χ0n) is 9.14. The Kier molecular flexibility index (Phi) is 3.17. The Balaban J connectivity index is 2.17. The summed E-state index contributed by atoms with van der Waals surface area (Å²) in [7, 11) is 1.61. The van der Waals surface area contributed by atoms with Crippen molar-refractivity contribution >= 4 is 5.91 Å². The third kappa shape index (κ3) is 1.91. The van der Waals surface area contributed by atoms with E-state index in [4.69, 9.17) is 9.84 Å². The van der Waals surface area contributed by atoms with Crippen molar-refractivity contribution in [2.75, 3.05) is 20.3 Å². The summed E-state index contributed by atoms with van der Waals surface area (Å²) in [6, 6.07) is 3.40. The van der Waals surface area contributed by atoms with E-state index >= 15 is 0 Å². The summed E-state index contributed by atoms with van der Waals surface area (Å²) in [5, 5.41) is 8.96. The standard InChI is InChI=1S/C11H14N2O3/c1-16-5-4-13-6-10-9(11(13)15)3-2-8(7-14)12-10/h2-3,14H,4-7H2,1H3. The predicted octanol–water partition coefficient (Wildman–Crippen LogP) is 0.176. The zero-order chi connectivity index (χ0) is 11.5. The van der Waals surface area contributed by atoms with E-state index in [9.17, 15) is 4.79 Å². The van der Waals surface area contributed by atoms with Gasteiger partial charge in [0.2, 0.25) is 0 Å². The van der Waals surface area contributed by atoms with Crippen LogP contribution in [-0.2, 0) is 17.9 Å². The number of fused-ring (bicyclic) bond motifs is 1.